The number of carboxylic acids is 1. The summed E-state index contributed by atoms with van der Waals surface area (Å²) in [7, 11) is 0. The largest absolute Gasteiger partial charge is 0.480 e. The highest BCUT2D eigenvalue weighted by Crippen LogP contribution is 2.34. The van der Waals surface area contributed by atoms with Crippen molar-refractivity contribution in [2.45, 2.75) is 24.9 Å². The quantitative estimate of drug-likeness (QED) is 0.931. The molecule has 0 bridgehead atoms. The van der Waals surface area contributed by atoms with Crippen LogP contribution in [0.1, 0.15) is 12.0 Å². The molecule has 1 atom stereocenters. The molecule has 7 heteroatoms. The van der Waals surface area contributed by atoms with Crippen molar-refractivity contribution in [3.8, 4) is 0 Å². The zero-order chi connectivity index (χ0) is 14.2. The molecule has 0 amide bonds. The number of hydrogen-bond donors (Lipinski definition) is 1. The number of carboxylic acid groups (broad SMARTS) is 1. The summed E-state index contributed by atoms with van der Waals surface area (Å²) in [6.07, 6.45) is -0.680. The predicted molar refractivity (Wildman–Crippen MR) is 67.9 cm³/mol. The van der Waals surface area contributed by atoms with Crippen LogP contribution in [-0.2, 0) is 11.3 Å². The van der Waals surface area contributed by atoms with Crippen molar-refractivity contribution in [1.29, 1.82) is 0 Å². The maximum Gasteiger partial charge on any atom is 0.321 e. The molecule has 1 aromatic carbocycles. The summed E-state index contributed by atoms with van der Waals surface area (Å²) < 4.78 is 26.6. The molecular weight excluding hydrogens is 299 g/mol. The normalized spacial score (nSPS) is 22.6. The number of rotatable bonds is 3. The Bertz CT molecular complexity index is 511. The van der Waals surface area contributed by atoms with E-state index in [1.54, 1.807) is 18.2 Å². The van der Waals surface area contributed by atoms with Crippen LogP contribution in [0.5, 0.6) is 0 Å². The monoisotopic (exact) mass is 309 g/mol. The van der Waals surface area contributed by atoms with E-state index in [1.807, 2.05) is 0 Å². The summed E-state index contributed by atoms with van der Waals surface area (Å²) in [5, 5.41) is 9.79. The minimum Gasteiger partial charge on any atom is -0.480 e. The number of carbonyl (C=O) groups is 1. The summed E-state index contributed by atoms with van der Waals surface area (Å²) in [6.45, 7) is -0.557. The van der Waals surface area contributed by atoms with Gasteiger partial charge in [-0.25, -0.2) is 8.78 Å². The van der Waals surface area contributed by atoms with Gasteiger partial charge >= 0.3 is 5.97 Å². The second kappa shape index (κ2) is 5.23. The molecule has 2 rings (SSSR count). The van der Waals surface area contributed by atoms with Crippen LogP contribution in [0.15, 0.2) is 18.2 Å². The summed E-state index contributed by atoms with van der Waals surface area (Å²) in [5.41, 5.74) is 0.540. The van der Waals surface area contributed by atoms with Crippen molar-refractivity contribution in [1.82, 2.24) is 4.90 Å². The smallest absolute Gasteiger partial charge is 0.321 e. The number of nitrogens with zero attached hydrogens (tertiary/aromatic N) is 1. The third-order valence-electron chi connectivity index (χ3n) is 3.03. The maximum absolute atomic E-state index is 13.3. The first-order valence-corrected chi connectivity index (χ1v) is 6.33. The summed E-state index contributed by atoms with van der Waals surface area (Å²) in [5.74, 6) is -4.25. The first-order valence-electron chi connectivity index (χ1n) is 5.57. The fourth-order valence-electron chi connectivity index (χ4n) is 2.18. The maximum atomic E-state index is 13.3. The molecule has 1 saturated heterocycles. The van der Waals surface area contributed by atoms with Crippen LogP contribution in [0.3, 0.4) is 0 Å². The summed E-state index contributed by atoms with van der Waals surface area (Å²) in [4.78, 5) is 12.2. The molecule has 0 saturated carbocycles. The van der Waals surface area contributed by atoms with E-state index in [4.69, 9.17) is 28.3 Å². The lowest BCUT2D eigenvalue weighted by Crippen LogP contribution is -2.35. The number of alkyl halides is 2. The lowest BCUT2D eigenvalue weighted by Gasteiger charge is -2.21. The molecule has 1 N–H and O–H groups in total. The van der Waals surface area contributed by atoms with Crippen LogP contribution in [-0.4, -0.2) is 34.5 Å². The van der Waals surface area contributed by atoms with E-state index in [-0.39, 0.29) is 6.54 Å². The molecule has 1 heterocycles. The van der Waals surface area contributed by atoms with Crippen LogP contribution >= 0.6 is 23.2 Å². The van der Waals surface area contributed by atoms with Crippen LogP contribution in [0, 0.1) is 0 Å². The Morgan fingerprint density at radius 3 is 2.79 bits per heavy atom. The van der Waals surface area contributed by atoms with E-state index in [9.17, 15) is 13.6 Å². The molecule has 104 valence electrons. The number of halogens is 4. The van der Waals surface area contributed by atoms with Gasteiger partial charge < -0.3 is 5.11 Å². The van der Waals surface area contributed by atoms with Gasteiger partial charge in [-0.05, 0) is 23.8 Å². The average Bonchev–Trinajstić information content (AvgIpc) is 2.59. The van der Waals surface area contributed by atoms with E-state index < -0.39 is 30.9 Å². The minimum atomic E-state index is -2.99. The number of hydrogen-bond acceptors (Lipinski definition) is 2. The van der Waals surface area contributed by atoms with Crippen LogP contribution in [0.2, 0.25) is 10.0 Å². The second-order valence-corrected chi connectivity index (χ2v) is 5.40. The topological polar surface area (TPSA) is 40.5 Å². The summed E-state index contributed by atoms with van der Waals surface area (Å²) >= 11 is 11.8. The van der Waals surface area contributed by atoms with E-state index in [0.717, 1.165) is 0 Å². The van der Waals surface area contributed by atoms with Gasteiger partial charge in [-0.3, -0.25) is 9.69 Å². The zero-order valence-electron chi connectivity index (χ0n) is 9.75. The fourth-order valence-corrected chi connectivity index (χ4v) is 2.55. The Labute approximate surface area is 118 Å². The summed E-state index contributed by atoms with van der Waals surface area (Å²) in [6, 6.07) is 3.49. The Morgan fingerprint density at radius 1 is 1.47 bits per heavy atom. The third-order valence-corrected chi connectivity index (χ3v) is 3.64. The van der Waals surface area contributed by atoms with E-state index in [0.29, 0.717) is 15.6 Å². The van der Waals surface area contributed by atoms with Gasteiger partial charge in [0.25, 0.3) is 5.92 Å². The van der Waals surface area contributed by atoms with Gasteiger partial charge in [-0.2, -0.15) is 0 Å². The first-order chi connectivity index (χ1) is 8.78. The standard InChI is InChI=1S/C12H11Cl2F2NO2/c13-8-1-2-9(14)7(3-8)5-17-6-12(15,16)4-10(17)11(18)19/h1-3,10H,4-6H2,(H,18,19)/t10-/m0/s1. The van der Waals surface area contributed by atoms with Crippen LogP contribution in [0.25, 0.3) is 0 Å². The number of likely N-dealkylation sites (tertiary alicyclic amines) is 1. The molecule has 1 fully saturated rings. The second-order valence-electron chi connectivity index (χ2n) is 4.55. The molecule has 0 unspecified atom stereocenters. The molecule has 19 heavy (non-hydrogen) atoms. The molecule has 1 aromatic rings. The molecule has 3 nitrogen and oxygen atoms in total. The highest BCUT2D eigenvalue weighted by atomic mass is 35.5. The van der Waals surface area contributed by atoms with Crippen molar-refractivity contribution in [3.63, 3.8) is 0 Å². The molecular formula is C12H11Cl2F2NO2. The van der Waals surface area contributed by atoms with Crippen LogP contribution in [0.4, 0.5) is 8.78 Å². The van der Waals surface area contributed by atoms with Gasteiger partial charge in [0.2, 0.25) is 0 Å². The lowest BCUT2D eigenvalue weighted by molar-refractivity contribution is -0.142. The van der Waals surface area contributed by atoms with Gasteiger partial charge in [-0.1, -0.05) is 23.2 Å². The molecule has 0 aliphatic carbocycles. The van der Waals surface area contributed by atoms with Crippen molar-refractivity contribution in [2.24, 2.45) is 0 Å². The minimum absolute atomic E-state index is 0.0337. The van der Waals surface area contributed by atoms with E-state index in [2.05, 4.69) is 0 Å². The van der Waals surface area contributed by atoms with Crippen molar-refractivity contribution < 1.29 is 18.7 Å². The van der Waals surface area contributed by atoms with Gasteiger partial charge in [-0.15, -0.1) is 0 Å². The van der Waals surface area contributed by atoms with Gasteiger partial charge in [0.1, 0.15) is 6.04 Å². The van der Waals surface area contributed by atoms with Crippen LogP contribution < -0.4 is 0 Å². The number of aliphatic carboxylic acids is 1. The number of benzene rings is 1. The zero-order valence-corrected chi connectivity index (χ0v) is 11.3. The van der Waals surface area contributed by atoms with Gasteiger partial charge in [0.15, 0.2) is 0 Å². The molecule has 0 spiro atoms. The molecule has 0 aromatic heterocycles. The SMILES string of the molecule is O=C(O)[C@@H]1CC(F)(F)CN1Cc1cc(Cl)ccc1Cl. The van der Waals surface area contributed by atoms with Crippen molar-refractivity contribution in [3.05, 3.63) is 33.8 Å². The Hall–Kier alpha value is -0.910. The Morgan fingerprint density at radius 2 is 2.16 bits per heavy atom. The van der Waals surface area contributed by atoms with Gasteiger partial charge in [0, 0.05) is 23.0 Å². The average molecular weight is 310 g/mol. The van der Waals surface area contributed by atoms with E-state index in [1.165, 1.54) is 4.90 Å². The third kappa shape index (κ3) is 3.35. The first kappa shape index (κ1) is 14.5. The Kier molecular flexibility index (Phi) is 3.99. The molecule has 1 aliphatic rings. The van der Waals surface area contributed by atoms with E-state index >= 15 is 0 Å². The molecule has 1 aliphatic heterocycles. The van der Waals surface area contributed by atoms with Crippen molar-refractivity contribution in [2.75, 3.05) is 6.54 Å². The fraction of sp³-hybridized carbons (Fsp3) is 0.417. The highest BCUT2D eigenvalue weighted by Gasteiger charge is 2.48. The highest BCUT2D eigenvalue weighted by molar-refractivity contribution is 6.33. The van der Waals surface area contributed by atoms with Crippen molar-refractivity contribution >= 4 is 29.2 Å². The lowest BCUT2D eigenvalue weighted by atomic mass is 10.1. The van der Waals surface area contributed by atoms with Gasteiger partial charge in [0.05, 0.1) is 6.54 Å². The Balaban J connectivity index is 2.21. The predicted octanol–water partition coefficient (Wildman–Crippen LogP) is 3.29. The molecule has 0 radical (unpaired) electrons.